The lowest BCUT2D eigenvalue weighted by atomic mass is 10.1. The third-order valence-electron chi connectivity index (χ3n) is 3.34. The van der Waals surface area contributed by atoms with E-state index in [1.54, 1.807) is 12.4 Å². The molecule has 1 saturated heterocycles. The zero-order valence-corrected chi connectivity index (χ0v) is 12.7. The summed E-state index contributed by atoms with van der Waals surface area (Å²) in [6, 6.07) is 6.28. The second-order valence-electron chi connectivity index (χ2n) is 4.72. The third-order valence-corrected chi connectivity index (χ3v) is 3.34. The quantitative estimate of drug-likeness (QED) is 0.891. The van der Waals surface area contributed by atoms with Crippen molar-refractivity contribution < 1.29 is 0 Å². The smallest absolute Gasteiger partial charge is 0.151 e. The Morgan fingerprint density at radius 2 is 2.00 bits per heavy atom. The molecule has 0 spiro atoms. The Morgan fingerprint density at radius 3 is 2.70 bits per heavy atom. The molecule has 110 valence electrons. The van der Waals surface area contributed by atoms with Crippen LogP contribution in [0.5, 0.6) is 0 Å². The molecule has 0 bridgehead atoms. The SMILES string of the molecule is Cl.Cl.NC1CCCN(c2cc(-c3ccncc3)[nH]n2)C1. The third kappa shape index (κ3) is 3.62. The number of nitrogens with zero attached hydrogens (tertiary/aromatic N) is 3. The fourth-order valence-corrected chi connectivity index (χ4v) is 2.37. The summed E-state index contributed by atoms with van der Waals surface area (Å²) >= 11 is 0. The van der Waals surface area contributed by atoms with E-state index in [1.165, 1.54) is 0 Å². The maximum atomic E-state index is 5.99. The molecular weight excluding hydrogens is 297 g/mol. The Labute approximate surface area is 130 Å². The van der Waals surface area contributed by atoms with Gasteiger partial charge in [0.2, 0.25) is 0 Å². The first-order chi connectivity index (χ1) is 8.83. The molecule has 3 heterocycles. The summed E-state index contributed by atoms with van der Waals surface area (Å²) in [6.45, 7) is 1.93. The highest BCUT2D eigenvalue weighted by atomic mass is 35.5. The van der Waals surface area contributed by atoms with Gasteiger partial charge in [-0.2, -0.15) is 5.10 Å². The Hall–Kier alpha value is -1.30. The topological polar surface area (TPSA) is 70.8 Å². The van der Waals surface area contributed by atoms with Crippen molar-refractivity contribution in [3.05, 3.63) is 30.6 Å². The number of nitrogens with two attached hydrogens (primary N) is 1. The molecular formula is C13H19Cl2N5. The second kappa shape index (κ2) is 7.47. The molecule has 2 aromatic heterocycles. The van der Waals surface area contributed by atoms with E-state index in [0.29, 0.717) is 0 Å². The molecule has 0 radical (unpaired) electrons. The lowest BCUT2D eigenvalue weighted by Crippen LogP contribution is -2.43. The van der Waals surface area contributed by atoms with Crippen molar-refractivity contribution in [1.29, 1.82) is 0 Å². The minimum atomic E-state index is 0. The molecule has 1 aliphatic heterocycles. The van der Waals surface area contributed by atoms with E-state index in [9.17, 15) is 0 Å². The van der Waals surface area contributed by atoms with E-state index in [2.05, 4.69) is 26.1 Å². The Balaban J connectivity index is 0.000001000. The summed E-state index contributed by atoms with van der Waals surface area (Å²) in [5.41, 5.74) is 8.11. The van der Waals surface area contributed by atoms with Crippen molar-refractivity contribution in [2.45, 2.75) is 18.9 Å². The van der Waals surface area contributed by atoms with Gasteiger partial charge in [-0.05, 0) is 25.0 Å². The number of aromatic amines is 1. The Kier molecular flexibility index (Phi) is 6.26. The Morgan fingerprint density at radius 1 is 1.25 bits per heavy atom. The molecule has 2 aromatic rings. The zero-order valence-electron chi connectivity index (χ0n) is 11.0. The molecule has 1 fully saturated rings. The molecule has 7 heteroatoms. The van der Waals surface area contributed by atoms with Crippen LogP contribution in [0.1, 0.15) is 12.8 Å². The second-order valence-corrected chi connectivity index (χ2v) is 4.72. The van der Waals surface area contributed by atoms with E-state index in [0.717, 1.165) is 43.0 Å². The van der Waals surface area contributed by atoms with Gasteiger partial charge >= 0.3 is 0 Å². The van der Waals surface area contributed by atoms with E-state index in [-0.39, 0.29) is 30.9 Å². The summed E-state index contributed by atoms with van der Waals surface area (Å²) in [5.74, 6) is 0.983. The predicted molar refractivity (Wildman–Crippen MR) is 85.7 cm³/mol. The number of piperidine rings is 1. The summed E-state index contributed by atoms with van der Waals surface area (Å²) in [7, 11) is 0. The van der Waals surface area contributed by atoms with Crippen LogP contribution in [0.4, 0.5) is 5.82 Å². The van der Waals surface area contributed by atoms with Crippen LogP contribution in [-0.4, -0.2) is 34.3 Å². The molecule has 3 rings (SSSR count). The van der Waals surface area contributed by atoms with Gasteiger partial charge in [-0.15, -0.1) is 24.8 Å². The molecule has 1 aliphatic rings. The van der Waals surface area contributed by atoms with Crippen LogP contribution in [0.25, 0.3) is 11.3 Å². The highest BCUT2D eigenvalue weighted by Crippen LogP contribution is 2.23. The van der Waals surface area contributed by atoms with Crippen LogP contribution in [0.2, 0.25) is 0 Å². The van der Waals surface area contributed by atoms with Gasteiger partial charge in [0.25, 0.3) is 0 Å². The number of anilines is 1. The van der Waals surface area contributed by atoms with E-state index in [1.807, 2.05) is 12.1 Å². The predicted octanol–water partition coefficient (Wildman–Crippen LogP) is 2.24. The highest BCUT2D eigenvalue weighted by Gasteiger charge is 2.19. The molecule has 3 N–H and O–H groups in total. The zero-order chi connectivity index (χ0) is 12.4. The van der Waals surface area contributed by atoms with Crippen LogP contribution < -0.4 is 10.6 Å². The lowest BCUT2D eigenvalue weighted by molar-refractivity contribution is 0.503. The fraction of sp³-hybridized carbons (Fsp3) is 0.385. The van der Waals surface area contributed by atoms with E-state index in [4.69, 9.17) is 5.73 Å². The number of H-pyrrole nitrogens is 1. The number of rotatable bonds is 2. The first-order valence-corrected chi connectivity index (χ1v) is 6.29. The first kappa shape index (κ1) is 16.8. The van der Waals surface area contributed by atoms with Gasteiger partial charge in [0, 0.05) is 43.2 Å². The summed E-state index contributed by atoms with van der Waals surface area (Å²) in [4.78, 5) is 6.26. The lowest BCUT2D eigenvalue weighted by Gasteiger charge is -2.30. The molecule has 5 nitrogen and oxygen atoms in total. The number of aromatic nitrogens is 3. The number of halogens is 2. The van der Waals surface area contributed by atoms with Gasteiger partial charge < -0.3 is 10.6 Å². The summed E-state index contributed by atoms with van der Waals surface area (Å²) in [5, 5.41) is 7.45. The van der Waals surface area contributed by atoms with Gasteiger partial charge in [-0.3, -0.25) is 10.1 Å². The average Bonchev–Trinajstić information content (AvgIpc) is 2.89. The highest BCUT2D eigenvalue weighted by molar-refractivity contribution is 5.85. The van der Waals surface area contributed by atoms with E-state index >= 15 is 0 Å². The minimum absolute atomic E-state index is 0. The Bertz CT molecular complexity index is 516. The molecule has 0 amide bonds. The van der Waals surface area contributed by atoms with Crippen molar-refractivity contribution in [3.8, 4) is 11.3 Å². The normalized spacial score (nSPS) is 18.1. The van der Waals surface area contributed by atoms with Crippen molar-refractivity contribution in [1.82, 2.24) is 15.2 Å². The molecule has 0 saturated carbocycles. The van der Waals surface area contributed by atoms with Crippen LogP contribution in [-0.2, 0) is 0 Å². The molecule has 20 heavy (non-hydrogen) atoms. The van der Waals surface area contributed by atoms with Crippen LogP contribution in [0, 0.1) is 0 Å². The van der Waals surface area contributed by atoms with E-state index < -0.39 is 0 Å². The van der Waals surface area contributed by atoms with Crippen LogP contribution in [0.3, 0.4) is 0 Å². The standard InChI is InChI=1S/C13H17N5.2ClH/c14-11-2-1-7-18(9-11)13-8-12(16-17-13)10-3-5-15-6-4-10;;/h3-6,8,11H,1-2,7,9,14H2,(H,16,17);2*1H. The minimum Gasteiger partial charge on any atom is -0.354 e. The van der Waals surface area contributed by atoms with Gasteiger partial charge in [-0.25, -0.2) is 0 Å². The number of pyridine rings is 1. The maximum absolute atomic E-state index is 5.99. The monoisotopic (exact) mass is 315 g/mol. The van der Waals surface area contributed by atoms with Crippen molar-refractivity contribution in [2.75, 3.05) is 18.0 Å². The van der Waals surface area contributed by atoms with Gasteiger partial charge in [0.05, 0.1) is 5.69 Å². The summed E-state index contributed by atoms with van der Waals surface area (Å²) < 4.78 is 0. The van der Waals surface area contributed by atoms with Gasteiger partial charge in [0.15, 0.2) is 5.82 Å². The number of hydrogen-bond acceptors (Lipinski definition) is 4. The fourth-order valence-electron chi connectivity index (χ4n) is 2.37. The molecule has 1 unspecified atom stereocenters. The van der Waals surface area contributed by atoms with Gasteiger partial charge in [0.1, 0.15) is 0 Å². The van der Waals surface area contributed by atoms with Crippen molar-refractivity contribution >= 4 is 30.6 Å². The van der Waals surface area contributed by atoms with Gasteiger partial charge in [-0.1, -0.05) is 0 Å². The van der Waals surface area contributed by atoms with Crippen LogP contribution >= 0.6 is 24.8 Å². The largest absolute Gasteiger partial charge is 0.354 e. The number of hydrogen-bond donors (Lipinski definition) is 2. The number of nitrogens with one attached hydrogen (secondary N) is 1. The maximum Gasteiger partial charge on any atom is 0.151 e. The average molecular weight is 316 g/mol. The molecule has 0 aromatic carbocycles. The van der Waals surface area contributed by atoms with Crippen molar-refractivity contribution in [2.24, 2.45) is 5.73 Å². The molecule has 0 aliphatic carbocycles. The first-order valence-electron chi connectivity index (χ1n) is 6.29. The van der Waals surface area contributed by atoms with Crippen LogP contribution in [0.15, 0.2) is 30.6 Å². The van der Waals surface area contributed by atoms with Crippen molar-refractivity contribution in [3.63, 3.8) is 0 Å². The molecule has 1 atom stereocenters. The summed E-state index contributed by atoms with van der Waals surface area (Å²) in [6.07, 6.45) is 5.82.